The lowest BCUT2D eigenvalue weighted by Gasteiger charge is -2.05. The molecule has 5 nitrogen and oxygen atoms in total. The molecule has 0 saturated heterocycles. The van der Waals surface area contributed by atoms with Gasteiger partial charge in [0, 0.05) is 42.1 Å². The summed E-state index contributed by atoms with van der Waals surface area (Å²) < 4.78 is 5.83. The summed E-state index contributed by atoms with van der Waals surface area (Å²) in [7, 11) is 0. The quantitative estimate of drug-likeness (QED) is 0.215. The van der Waals surface area contributed by atoms with Crippen molar-refractivity contribution in [1.82, 2.24) is 9.97 Å². The number of hydrogen-bond donors (Lipinski definition) is 0. The highest BCUT2D eigenvalue weighted by molar-refractivity contribution is 7.20. The molecule has 0 bridgehead atoms. The maximum absolute atomic E-state index is 12.9. The van der Waals surface area contributed by atoms with E-state index in [2.05, 4.69) is 9.97 Å². The molecule has 3 rings (SSSR count). The highest BCUT2D eigenvalue weighted by atomic mass is 32.1. The van der Waals surface area contributed by atoms with Crippen molar-refractivity contribution in [3.8, 4) is 10.0 Å². The van der Waals surface area contributed by atoms with Gasteiger partial charge in [-0.1, -0.05) is 43.7 Å². The van der Waals surface area contributed by atoms with Gasteiger partial charge in [0.15, 0.2) is 15.8 Å². The lowest BCUT2D eigenvalue weighted by molar-refractivity contribution is -0.118. The van der Waals surface area contributed by atoms with E-state index in [1.54, 1.807) is 6.20 Å². The predicted octanol–water partition coefficient (Wildman–Crippen LogP) is 6.14. The fourth-order valence-electron chi connectivity index (χ4n) is 3.17. The van der Waals surface area contributed by atoms with Gasteiger partial charge < -0.3 is 4.74 Å². The first kappa shape index (κ1) is 23.4. The minimum atomic E-state index is 0.0685. The number of hydrogen-bond acceptors (Lipinski definition) is 7. The highest BCUT2D eigenvalue weighted by Gasteiger charge is 2.19. The third kappa shape index (κ3) is 7.45. The zero-order valence-electron chi connectivity index (χ0n) is 17.8. The van der Waals surface area contributed by atoms with Crippen molar-refractivity contribution in [1.29, 1.82) is 0 Å². The minimum Gasteiger partial charge on any atom is -0.376 e. The van der Waals surface area contributed by atoms with E-state index in [9.17, 15) is 9.59 Å². The highest BCUT2D eigenvalue weighted by Crippen LogP contribution is 2.31. The molecule has 0 N–H and O–H groups in total. The summed E-state index contributed by atoms with van der Waals surface area (Å²) in [6, 6.07) is 10.1. The van der Waals surface area contributed by atoms with Crippen molar-refractivity contribution in [3.63, 3.8) is 0 Å². The molecule has 0 amide bonds. The average Bonchev–Trinajstić information content (AvgIpc) is 3.47. The number of rotatable bonds is 14. The van der Waals surface area contributed by atoms with Crippen LogP contribution >= 0.6 is 22.7 Å². The van der Waals surface area contributed by atoms with Gasteiger partial charge in [0.05, 0.1) is 13.2 Å². The molecule has 0 radical (unpaired) electrons. The van der Waals surface area contributed by atoms with Crippen LogP contribution in [0.1, 0.15) is 66.4 Å². The zero-order valence-corrected chi connectivity index (χ0v) is 19.5. The molecule has 1 aromatic carbocycles. The first-order chi connectivity index (χ1) is 15.2. The van der Waals surface area contributed by atoms with Crippen LogP contribution in [0, 0.1) is 0 Å². The van der Waals surface area contributed by atoms with Crippen molar-refractivity contribution in [2.24, 2.45) is 0 Å². The van der Waals surface area contributed by atoms with Crippen LogP contribution in [0.25, 0.3) is 10.0 Å². The SMILES string of the molecule is CCC(=O)CCCCCC(=O)c1nc(-c2nccs2)sc1CCOCc1ccccc1. The van der Waals surface area contributed by atoms with E-state index in [-0.39, 0.29) is 11.6 Å². The molecule has 0 aliphatic heterocycles. The predicted molar refractivity (Wildman–Crippen MR) is 126 cm³/mol. The zero-order chi connectivity index (χ0) is 21.9. The van der Waals surface area contributed by atoms with E-state index in [0.717, 1.165) is 39.7 Å². The number of nitrogens with zero attached hydrogens (tertiary/aromatic N) is 2. The van der Waals surface area contributed by atoms with Crippen LogP contribution in [0.4, 0.5) is 0 Å². The number of Topliss-reactive ketones (excluding diaryl/α,β-unsaturated/α-hetero) is 2. The van der Waals surface area contributed by atoms with Gasteiger partial charge in [-0.2, -0.15) is 0 Å². The van der Waals surface area contributed by atoms with Gasteiger partial charge in [0.25, 0.3) is 0 Å². The van der Waals surface area contributed by atoms with Crippen molar-refractivity contribution in [2.45, 2.75) is 58.5 Å². The van der Waals surface area contributed by atoms with Gasteiger partial charge >= 0.3 is 0 Å². The molecule has 7 heteroatoms. The number of carbonyl (C=O) groups excluding carboxylic acids is 2. The number of ether oxygens (including phenoxy) is 1. The van der Waals surface area contributed by atoms with Crippen LogP contribution in [0.3, 0.4) is 0 Å². The van der Waals surface area contributed by atoms with Gasteiger partial charge in [-0.05, 0) is 18.4 Å². The number of aromatic nitrogens is 2. The average molecular weight is 457 g/mol. The Morgan fingerprint density at radius 1 is 1.03 bits per heavy atom. The summed E-state index contributed by atoms with van der Waals surface area (Å²) in [6.07, 6.45) is 6.58. The van der Waals surface area contributed by atoms with Crippen molar-refractivity contribution < 1.29 is 14.3 Å². The maximum atomic E-state index is 12.9. The van der Waals surface area contributed by atoms with Crippen LogP contribution in [0.15, 0.2) is 41.9 Å². The molecule has 0 fully saturated rings. The van der Waals surface area contributed by atoms with E-state index in [1.807, 2.05) is 42.6 Å². The minimum absolute atomic E-state index is 0.0685. The Morgan fingerprint density at radius 3 is 2.58 bits per heavy atom. The molecule has 0 aliphatic carbocycles. The standard InChI is InChI=1S/C24H28N2O3S2/c1-2-19(27)11-7-4-8-12-20(28)22-21(31-24(26-22)23-25-14-16-30-23)13-15-29-17-18-9-5-3-6-10-18/h3,5-6,9-10,14,16H,2,4,7-8,11-13,15,17H2,1H3. The molecular weight excluding hydrogens is 428 g/mol. The number of benzene rings is 1. The molecule has 2 aromatic heterocycles. The molecule has 3 aromatic rings. The Morgan fingerprint density at radius 2 is 1.84 bits per heavy atom. The number of thiazole rings is 2. The van der Waals surface area contributed by atoms with Crippen LogP contribution in [0.2, 0.25) is 0 Å². The van der Waals surface area contributed by atoms with Gasteiger partial charge in [-0.3, -0.25) is 9.59 Å². The van der Waals surface area contributed by atoms with Crippen molar-refractivity contribution >= 4 is 34.2 Å². The Labute approximate surface area is 191 Å². The normalized spacial score (nSPS) is 11.0. The first-order valence-corrected chi connectivity index (χ1v) is 12.4. The van der Waals surface area contributed by atoms with Gasteiger partial charge in [-0.15, -0.1) is 22.7 Å². The Bertz CT molecular complexity index is 953. The van der Waals surface area contributed by atoms with E-state index < -0.39 is 0 Å². The lowest BCUT2D eigenvalue weighted by Crippen LogP contribution is -2.06. The molecular formula is C24H28N2O3S2. The summed E-state index contributed by atoms with van der Waals surface area (Å²) in [5, 5.41) is 3.55. The summed E-state index contributed by atoms with van der Waals surface area (Å²) in [6.45, 7) is 2.98. The largest absolute Gasteiger partial charge is 0.376 e. The van der Waals surface area contributed by atoms with E-state index in [0.29, 0.717) is 44.6 Å². The lowest BCUT2D eigenvalue weighted by atomic mass is 10.1. The van der Waals surface area contributed by atoms with Crippen LogP contribution < -0.4 is 0 Å². The summed E-state index contributed by atoms with van der Waals surface area (Å²) in [4.78, 5) is 34.2. The Hall–Kier alpha value is -2.22. The second kappa shape index (κ2) is 12.6. The fraction of sp³-hybridized carbons (Fsp3) is 0.417. The van der Waals surface area contributed by atoms with E-state index >= 15 is 0 Å². The number of carbonyl (C=O) groups is 2. The molecule has 2 heterocycles. The number of ketones is 2. The van der Waals surface area contributed by atoms with E-state index in [1.165, 1.54) is 22.7 Å². The molecule has 0 aliphatic rings. The topological polar surface area (TPSA) is 69.2 Å². The van der Waals surface area contributed by atoms with Crippen LogP contribution in [0.5, 0.6) is 0 Å². The Balaban J connectivity index is 1.56. The Kier molecular flexibility index (Phi) is 9.52. The second-order valence-electron chi connectivity index (χ2n) is 7.29. The van der Waals surface area contributed by atoms with Crippen molar-refractivity contribution in [3.05, 3.63) is 58.0 Å². The second-order valence-corrected chi connectivity index (χ2v) is 9.27. The monoisotopic (exact) mass is 456 g/mol. The molecule has 0 atom stereocenters. The molecule has 0 spiro atoms. The number of unbranched alkanes of at least 4 members (excludes halogenated alkanes) is 2. The molecule has 164 valence electrons. The molecule has 0 saturated carbocycles. The van der Waals surface area contributed by atoms with Gasteiger partial charge in [0.2, 0.25) is 0 Å². The summed E-state index contributed by atoms with van der Waals surface area (Å²) in [5.74, 6) is 0.357. The third-order valence-electron chi connectivity index (χ3n) is 4.92. The van der Waals surface area contributed by atoms with Crippen LogP contribution in [-0.2, 0) is 22.6 Å². The maximum Gasteiger partial charge on any atom is 0.182 e. The third-order valence-corrected chi connectivity index (χ3v) is 6.95. The van der Waals surface area contributed by atoms with E-state index in [4.69, 9.17) is 4.74 Å². The van der Waals surface area contributed by atoms with Crippen molar-refractivity contribution in [2.75, 3.05) is 6.61 Å². The summed E-state index contributed by atoms with van der Waals surface area (Å²) >= 11 is 3.06. The molecule has 0 unspecified atom stereocenters. The molecule has 31 heavy (non-hydrogen) atoms. The summed E-state index contributed by atoms with van der Waals surface area (Å²) in [5.41, 5.74) is 1.69. The first-order valence-electron chi connectivity index (χ1n) is 10.7. The fourth-order valence-corrected chi connectivity index (χ4v) is 4.91. The van der Waals surface area contributed by atoms with Gasteiger partial charge in [0.1, 0.15) is 11.5 Å². The smallest absolute Gasteiger partial charge is 0.182 e. The van der Waals surface area contributed by atoms with Gasteiger partial charge in [-0.25, -0.2) is 9.97 Å². The van der Waals surface area contributed by atoms with Crippen LogP contribution in [-0.4, -0.2) is 28.1 Å².